The lowest BCUT2D eigenvalue weighted by molar-refractivity contribution is 0.442. The molecule has 1 heterocycles. The Kier molecular flexibility index (Phi) is 2.08. The molecule has 0 aromatic carbocycles. The predicted octanol–water partition coefficient (Wildman–Crippen LogP) is 4.12. The zero-order valence-electron chi connectivity index (χ0n) is 7.48. The summed E-state index contributed by atoms with van der Waals surface area (Å²) in [6, 6.07) is 2.29. The fraction of sp³-hybridized carbons (Fsp3) is 0.600. The van der Waals surface area contributed by atoms with Gasteiger partial charge in [0.2, 0.25) is 0 Å². The lowest BCUT2D eigenvalue weighted by Crippen LogP contribution is -2.21. The monoisotopic (exact) mass is 244 g/mol. The van der Waals surface area contributed by atoms with E-state index in [4.69, 9.17) is 0 Å². The molecule has 0 nitrogen and oxygen atoms in total. The van der Waals surface area contributed by atoms with Gasteiger partial charge in [0.25, 0.3) is 0 Å². The first-order valence-corrected chi connectivity index (χ1v) is 5.99. The van der Waals surface area contributed by atoms with Crippen LogP contribution in [0.4, 0.5) is 0 Å². The highest BCUT2D eigenvalue weighted by Crippen LogP contribution is 2.43. The van der Waals surface area contributed by atoms with Crippen LogP contribution in [0.2, 0.25) is 0 Å². The van der Waals surface area contributed by atoms with Gasteiger partial charge >= 0.3 is 0 Å². The molecule has 0 saturated heterocycles. The first-order valence-electron chi connectivity index (χ1n) is 4.38. The van der Waals surface area contributed by atoms with Gasteiger partial charge in [-0.3, -0.25) is 0 Å². The molecule has 1 aliphatic carbocycles. The molecule has 0 aliphatic heterocycles. The Bertz CT molecular complexity index is 299. The van der Waals surface area contributed by atoms with Crippen molar-refractivity contribution in [2.45, 2.75) is 38.5 Å². The van der Waals surface area contributed by atoms with Gasteiger partial charge in [-0.05, 0) is 52.2 Å². The van der Waals surface area contributed by atoms with Crippen LogP contribution in [-0.4, -0.2) is 0 Å². The zero-order chi connectivity index (χ0) is 8.77. The van der Waals surface area contributed by atoms with Crippen LogP contribution in [-0.2, 0) is 11.8 Å². The summed E-state index contributed by atoms with van der Waals surface area (Å²) < 4.78 is 1.29. The third-order valence-electron chi connectivity index (χ3n) is 2.64. The van der Waals surface area contributed by atoms with E-state index >= 15 is 0 Å². The molecule has 12 heavy (non-hydrogen) atoms. The van der Waals surface area contributed by atoms with Crippen molar-refractivity contribution >= 4 is 27.3 Å². The Morgan fingerprint density at radius 1 is 1.50 bits per heavy atom. The highest BCUT2D eigenvalue weighted by atomic mass is 79.9. The molecule has 0 N–H and O–H groups in total. The molecule has 0 spiro atoms. The smallest absolute Gasteiger partial charge is 0.0704 e. The Balaban J connectivity index is 2.51. The summed E-state index contributed by atoms with van der Waals surface area (Å²) in [5.41, 5.74) is 1.99. The topological polar surface area (TPSA) is 0 Å². The molecule has 66 valence electrons. The van der Waals surface area contributed by atoms with Gasteiger partial charge in [0.15, 0.2) is 0 Å². The van der Waals surface area contributed by atoms with E-state index in [-0.39, 0.29) is 0 Å². The molecule has 1 aromatic rings. The summed E-state index contributed by atoms with van der Waals surface area (Å²) in [5, 5.41) is 0. The summed E-state index contributed by atoms with van der Waals surface area (Å²) >= 11 is 5.48. The second-order valence-electron chi connectivity index (χ2n) is 4.14. The molecule has 0 fully saturated rings. The zero-order valence-corrected chi connectivity index (χ0v) is 9.89. The van der Waals surface area contributed by atoms with Crippen LogP contribution < -0.4 is 0 Å². The maximum absolute atomic E-state index is 3.56. The lowest BCUT2D eigenvalue weighted by Gasteiger charge is -2.29. The quantitative estimate of drug-likeness (QED) is 0.644. The second kappa shape index (κ2) is 2.85. The average Bonchev–Trinajstić information content (AvgIpc) is 2.30. The highest BCUT2D eigenvalue weighted by Gasteiger charge is 2.29. The summed E-state index contributed by atoms with van der Waals surface area (Å²) in [4.78, 5) is 1.60. The number of halogens is 1. The Morgan fingerprint density at radius 3 is 2.92 bits per heavy atom. The predicted molar refractivity (Wildman–Crippen MR) is 58.0 cm³/mol. The van der Waals surface area contributed by atoms with Gasteiger partial charge in [0.05, 0.1) is 3.79 Å². The van der Waals surface area contributed by atoms with E-state index in [1.165, 1.54) is 23.0 Å². The fourth-order valence-electron chi connectivity index (χ4n) is 1.99. The van der Waals surface area contributed by atoms with E-state index in [9.17, 15) is 0 Å². The standard InChI is InChI=1S/C10H13BrS/c1-10(2)5-3-4-7-6-8(11)12-9(7)10/h6H,3-5H2,1-2H3. The van der Waals surface area contributed by atoms with Gasteiger partial charge in [-0.2, -0.15) is 0 Å². The summed E-state index contributed by atoms with van der Waals surface area (Å²) in [6.07, 6.45) is 3.97. The molecule has 2 rings (SSSR count). The van der Waals surface area contributed by atoms with Gasteiger partial charge in [-0.15, -0.1) is 11.3 Å². The number of hydrogen-bond acceptors (Lipinski definition) is 1. The molecule has 0 unspecified atom stereocenters. The molecule has 1 aromatic heterocycles. The van der Waals surface area contributed by atoms with Crippen molar-refractivity contribution in [3.8, 4) is 0 Å². The first kappa shape index (κ1) is 8.76. The molecule has 2 heteroatoms. The van der Waals surface area contributed by atoms with Crippen LogP contribution in [0, 0.1) is 0 Å². The van der Waals surface area contributed by atoms with E-state index in [2.05, 4.69) is 35.8 Å². The normalized spacial score (nSPS) is 20.6. The fourth-order valence-corrected chi connectivity index (χ4v) is 3.82. The van der Waals surface area contributed by atoms with Crippen LogP contribution in [0.15, 0.2) is 9.85 Å². The minimum atomic E-state index is 0.421. The third kappa shape index (κ3) is 1.35. The molecule has 0 bridgehead atoms. The Hall–Kier alpha value is 0.180. The molecular weight excluding hydrogens is 232 g/mol. The van der Waals surface area contributed by atoms with Crippen molar-refractivity contribution < 1.29 is 0 Å². The Labute approximate surface area is 86.1 Å². The van der Waals surface area contributed by atoms with Gasteiger partial charge in [0.1, 0.15) is 0 Å². The van der Waals surface area contributed by atoms with E-state index in [0.717, 1.165) is 0 Å². The molecule has 1 aliphatic rings. The number of aryl methyl sites for hydroxylation is 1. The van der Waals surface area contributed by atoms with Gasteiger partial charge in [-0.1, -0.05) is 13.8 Å². The van der Waals surface area contributed by atoms with Crippen molar-refractivity contribution in [1.82, 2.24) is 0 Å². The number of thiophene rings is 1. The molecule has 0 atom stereocenters. The van der Waals surface area contributed by atoms with Crippen molar-refractivity contribution in [1.29, 1.82) is 0 Å². The third-order valence-corrected chi connectivity index (χ3v) is 4.69. The number of fused-ring (bicyclic) bond motifs is 1. The maximum atomic E-state index is 3.56. The van der Waals surface area contributed by atoms with Crippen LogP contribution in [0.5, 0.6) is 0 Å². The Morgan fingerprint density at radius 2 is 2.25 bits per heavy atom. The van der Waals surface area contributed by atoms with E-state index in [1.54, 1.807) is 10.4 Å². The van der Waals surface area contributed by atoms with Crippen LogP contribution >= 0.6 is 27.3 Å². The maximum Gasteiger partial charge on any atom is 0.0704 e. The highest BCUT2D eigenvalue weighted by molar-refractivity contribution is 9.11. The minimum absolute atomic E-state index is 0.421. The van der Waals surface area contributed by atoms with Gasteiger partial charge < -0.3 is 0 Å². The second-order valence-corrected chi connectivity index (χ2v) is 6.57. The summed E-state index contributed by atoms with van der Waals surface area (Å²) in [7, 11) is 0. The van der Waals surface area contributed by atoms with E-state index < -0.39 is 0 Å². The molecule has 0 amide bonds. The van der Waals surface area contributed by atoms with Crippen molar-refractivity contribution in [3.05, 3.63) is 20.3 Å². The van der Waals surface area contributed by atoms with Crippen molar-refractivity contribution in [3.63, 3.8) is 0 Å². The number of rotatable bonds is 0. The van der Waals surface area contributed by atoms with Gasteiger partial charge in [0, 0.05) is 4.88 Å². The SMILES string of the molecule is CC1(C)CCCc2cc(Br)sc21. The van der Waals surface area contributed by atoms with E-state index in [0.29, 0.717) is 5.41 Å². The molecule has 0 saturated carbocycles. The largest absolute Gasteiger partial charge is 0.132 e. The summed E-state index contributed by atoms with van der Waals surface area (Å²) in [5.74, 6) is 0. The van der Waals surface area contributed by atoms with Crippen LogP contribution in [0.1, 0.15) is 37.1 Å². The first-order chi connectivity index (χ1) is 5.59. The molecule has 0 radical (unpaired) electrons. The summed E-state index contributed by atoms with van der Waals surface area (Å²) in [6.45, 7) is 4.71. The van der Waals surface area contributed by atoms with Crippen LogP contribution in [0.25, 0.3) is 0 Å². The lowest BCUT2D eigenvalue weighted by atomic mass is 9.78. The number of hydrogen-bond donors (Lipinski definition) is 0. The molecular formula is C10H13BrS. The van der Waals surface area contributed by atoms with Crippen LogP contribution in [0.3, 0.4) is 0 Å². The minimum Gasteiger partial charge on any atom is -0.132 e. The van der Waals surface area contributed by atoms with Crippen molar-refractivity contribution in [2.75, 3.05) is 0 Å². The van der Waals surface area contributed by atoms with Gasteiger partial charge in [-0.25, -0.2) is 0 Å². The van der Waals surface area contributed by atoms with Crippen molar-refractivity contribution in [2.24, 2.45) is 0 Å². The average molecular weight is 245 g/mol. The van der Waals surface area contributed by atoms with E-state index in [1.807, 2.05) is 11.3 Å².